The fourth-order valence-corrected chi connectivity index (χ4v) is 5.93. The third-order valence-electron chi connectivity index (χ3n) is 8.30. The van der Waals surface area contributed by atoms with Crippen LogP contribution in [0.4, 0.5) is 8.78 Å². The second kappa shape index (κ2) is 12.1. The number of H-pyrrole nitrogens is 2. The Balaban J connectivity index is 0.000000138. The van der Waals surface area contributed by atoms with Crippen molar-refractivity contribution < 1.29 is 8.78 Å². The molecule has 0 aliphatic rings. The number of nitrogens with one attached hydrogen (secondary N) is 2. The lowest BCUT2D eigenvalue weighted by Gasteiger charge is -2.05. The van der Waals surface area contributed by atoms with E-state index in [0.717, 1.165) is 0 Å². The minimum atomic E-state index is -0.372. The lowest BCUT2D eigenvalue weighted by molar-refractivity contribution is 0.628. The fourth-order valence-electron chi connectivity index (χ4n) is 5.93. The molecule has 0 amide bonds. The van der Waals surface area contributed by atoms with Crippen molar-refractivity contribution in [2.24, 2.45) is 0 Å². The summed E-state index contributed by atoms with van der Waals surface area (Å²) >= 11 is 0. The Hall–Kier alpha value is -7.62. The average Bonchev–Trinajstić information content (AvgIpc) is 3.93. The molecular weight excluding hydrogens is 670 g/mol. The van der Waals surface area contributed by atoms with E-state index < -0.39 is 0 Å². The SMILES string of the molecule is O=c1[nH]c2cnc(-n3cnc4cc(F)ccc43)nc2n1-c1ccccc1.O=c1[nH]c2cnc(-n3cnc4ccc(F)cc43)nc2n1-c1ccccc1. The van der Waals surface area contributed by atoms with Crippen molar-refractivity contribution in [3.63, 3.8) is 0 Å². The van der Waals surface area contributed by atoms with Crippen LogP contribution in [0.25, 0.3) is 67.7 Å². The maximum Gasteiger partial charge on any atom is 0.332 e. The summed E-state index contributed by atoms with van der Waals surface area (Å²) in [5.74, 6) is -0.0876. The predicted molar refractivity (Wildman–Crippen MR) is 188 cm³/mol. The van der Waals surface area contributed by atoms with Gasteiger partial charge in [0, 0.05) is 12.1 Å². The van der Waals surface area contributed by atoms with Gasteiger partial charge in [0.15, 0.2) is 11.3 Å². The minimum Gasteiger partial charge on any atom is -0.303 e. The molecule has 0 fully saturated rings. The Morgan fingerprint density at radius 3 is 1.60 bits per heavy atom. The Morgan fingerprint density at radius 1 is 0.519 bits per heavy atom. The van der Waals surface area contributed by atoms with E-state index in [4.69, 9.17) is 0 Å². The van der Waals surface area contributed by atoms with Crippen LogP contribution in [0.5, 0.6) is 0 Å². The first-order chi connectivity index (χ1) is 25.4. The molecule has 0 aliphatic carbocycles. The van der Waals surface area contributed by atoms with E-state index in [1.165, 1.54) is 52.3 Å². The van der Waals surface area contributed by atoms with Gasteiger partial charge in [-0.05, 0) is 48.5 Å². The zero-order valence-corrected chi connectivity index (χ0v) is 26.6. The zero-order chi connectivity index (χ0) is 35.3. The van der Waals surface area contributed by atoms with Gasteiger partial charge in [-0.3, -0.25) is 9.13 Å². The van der Waals surface area contributed by atoms with Crippen LogP contribution in [0.15, 0.2) is 132 Å². The zero-order valence-electron chi connectivity index (χ0n) is 26.6. The standard InChI is InChI=1S/2C18H11FN6O/c19-11-6-7-15-13(8-11)21-10-24(15)17-20-9-14-16(23-17)25(18(26)22-14)12-4-2-1-3-5-12;19-11-6-7-13-15(8-11)24(10-21-13)17-20-9-14-16(23-17)25(18(26)22-14)12-4-2-1-3-5-12/h2*1-10H,(H,22,26). The molecular formula is C36H22F2N12O2. The van der Waals surface area contributed by atoms with Crippen molar-refractivity contribution in [3.05, 3.63) is 155 Å². The lowest BCUT2D eigenvalue weighted by Crippen LogP contribution is -2.15. The Bertz CT molecular complexity index is 3050. The number of hydrogen-bond acceptors (Lipinski definition) is 8. The van der Waals surface area contributed by atoms with Crippen LogP contribution in [0.1, 0.15) is 0 Å². The van der Waals surface area contributed by atoms with Crippen LogP contribution < -0.4 is 11.4 Å². The first-order valence-corrected chi connectivity index (χ1v) is 15.7. The van der Waals surface area contributed by atoms with Gasteiger partial charge in [0.25, 0.3) is 0 Å². The van der Waals surface area contributed by atoms with Gasteiger partial charge >= 0.3 is 11.4 Å². The van der Waals surface area contributed by atoms with Crippen LogP contribution in [0.3, 0.4) is 0 Å². The summed E-state index contributed by atoms with van der Waals surface area (Å²) in [5.41, 5.74) is 5.07. The number of aromatic amines is 2. The molecule has 0 unspecified atom stereocenters. The second-order valence-corrected chi connectivity index (χ2v) is 11.5. The lowest BCUT2D eigenvalue weighted by atomic mass is 10.3. The number of imidazole rings is 4. The van der Waals surface area contributed by atoms with Crippen molar-refractivity contribution >= 4 is 44.4 Å². The molecule has 52 heavy (non-hydrogen) atoms. The molecule has 6 aromatic heterocycles. The molecule has 252 valence electrons. The maximum atomic E-state index is 13.6. The number of halogens is 2. The third kappa shape index (κ3) is 5.18. The number of rotatable bonds is 4. The monoisotopic (exact) mass is 692 g/mol. The summed E-state index contributed by atoms with van der Waals surface area (Å²) in [4.78, 5) is 56.3. The fraction of sp³-hybridized carbons (Fsp3) is 0. The average molecular weight is 693 g/mol. The largest absolute Gasteiger partial charge is 0.332 e. The summed E-state index contributed by atoms with van der Waals surface area (Å²) < 4.78 is 33.2. The first-order valence-electron chi connectivity index (χ1n) is 15.7. The van der Waals surface area contributed by atoms with Crippen molar-refractivity contribution in [1.29, 1.82) is 0 Å². The Morgan fingerprint density at radius 2 is 1.02 bits per heavy atom. The topological polar surface area (TPSA) is 163 Å². The van der Waals surface area contributed by atoms with Gasteiger partial charge in [-0.2, -0.15) is 9.97 Å². The molecule has 2 N–H and O–H groups in total. The van der Waals surface area contributed by atoms with Crippen LogP contribution in [0, 0.1) is 11.6 Å². The molecule has 16 heteroatoms. The van der Waals surface area contributed by atoms with Crippen LogP contribution in [-0.2, 0) is 0 Å². The molecule has 0 bridgehead atoms. The van der Waals surface area contributed by atoms with Gasteiger partial charge in [0.1, 0.15) is 35.3 Å². The Kier molecular flexibility index (Phi) is 7.06. The second-order valence-electron chi connectivity index (χ2n) is 11.5. The summed E-state index contributed by atoms with van der Waals surface area (Å²) in [6.07, 6.45) is 6.14. The van der Waals surface area contributed by atoms with Gasteiger partial charge in [-0.1, -0.05) is 36.4 Å². The van der Waals surface area contributed by atoms with Crippen LogP contribution >= 0.6 is 0 Å². The number of hydrogen-bond donors (Lipinski definition) is 2. The molecule has 4 aromatic carbocycles. The molecule has 0 saturated heterocycles. The summed E-state index contributed by atoms with van der Waals surface area (Å²) in [6.45, 7) is 0. The van der Waals surface area contributed by atoms with Crippen molar-refractivity contribution in [2.75, 3.05) is 0 Å². The van der Waals surface area contributed by atoms with E-state index in [1.54, 1.807) is 27.5 Å². The summed E-state index contributed by atoms with van der Waals surface area (Å²) in [7, 11) is 0. The van der Waals surface area contributed by atoms with Gasteiger partial charge in [0.05, 0.1) is 45.8 Å². The van der Waals surface area contributed by atoms with Crippen molar-refractivity contribution in [2.45, 2.75) is 0 Å². The molecule has 0 atom stereocenters. The van der Waals surface area contributed by atoms with Crippen LogP contribution in [-0.4, -0.2) is 58.1 Å². The Labute approximate surface area is 289 Å². The van der Waals surface area contributed by atoms with Crippen LogP contribution in [0.2, 0.25) is 0 Å². The quantitative estimate of drug-likeness (QED) is 0.255. The molecule has 0 saturated carbocycles. The highest BCUT2D eigenvalue weighted by Gasteiger charge is 2.16. The van der Waals surface area contributed by atoms with E-state index in [2.05, 4.69) is 39.9 Å². The number of para-hydroxylation sites is 2. The summed E-state index contributed by atoms with van der Waals surface area (Å²) in [6, 6.07) is 27.1. The van der Waals surface area contributed by atoms with E-state index in [1.807, 2.05) is 60.7 Å². The highest BCUT2D eigenvalue weighted by molar-refractivity contribution is 5.79. The number of benzene rings is 4. The van der Waals surface area contributed by atoms with E-state index in [9.17, 15) is 18.4 Å². The maximum absolute atomic E-state index is 13.6. The highest BCUT2D eigenvalue weighted by atomic mass is 19.1. The van der Waals surface area contributed by atoms with E-state index >= 15 is 0 Å². The molecule has 6 heterocycles. The molecule has 0 radical (unpaired) electrons. The molecule has 0 aliphatic heterocycles. The van der Waals surface area contributed by atoms with E-state index in [0.29, 0.717) is 67.7 Å². The normalized spacial score (nSPS) is 11.4. The molecule has 14 nitrogen and oxygen atoms in total. The predicted octanol–water partition coefficient (Wildman–Crippen LogP) is 5.17. The smallest absolute Gasteiger partial charge is 0.303 e. The number of aromatic nitrogens is 12. The van der Waals surface area contributed by atoms with Gasteiger partial charge in [-0.15, -0.1) is 0 Å². The molecule has 0 spiro atoms. The van der Waals surface area contributed by atoms with Crippen molar-refractivity contribution in [1.82, 2.24) is 58.1 Å². The van der Waals surface area contributed by atoms with Crippen molar-refractivity contribution in [3.8, 4) is 23.3 Å². The molecule has 10 rings (SSSR count). The van der Waals surface area contributed by atoms with Gasteiger partial charge < -0.3 is 9.97 Å². The summed E-state index contributed by atoms with van der Waals surface area (Å²) in [5, 5.41) is 0. The number of nitrogens with zero attached hydrogens (tertiary/aromatic N) is 10. The highest BCUT2D eigenvalue weighted by Crippen LogP contribution is 2.21. The first kappa shape index (κ1) is 30.4. The van der Waals surface area contributed by atoms with Gasteiger partial charge in [-0.25, -0.2) is 47.4 Å². The van der Waals surface area contributed by atoms with Gasteiger partial charge in [0.2, 0.25) is 11.9 Å². The number of fused-ring (bicyclic) bond motifs is 4. The van der Waals surface area contributed by atoms with E-state index in [-0.39, 0.29) is 23.0 Å². The molecule has 10 aromatic rings. The minimum absolute atomic E-state index is 0.296. The third-order valence-corrected chi connectivity index (χ3v) is 8.30.